The number of rotatable bonds is 5. The van der Waals surface area contributed by atoms with E-state index in [1.54, 1.807) is 20.1 Å². The van der Waals surface area contributed by atoms with E-state index in [4.69, 9.17) is 9.47 Å². The van der Waals surface area contributed by atoms with Gasteiger partial charge in [-0.1, -0.05) is 34.1 Å². The van der Waals surface area contributed by atoms with Crippen molar-refractivity contribution in [3.05, 3.63) is 58.1 Å². The van der Waals surface area contributed by atoms with Crippen LogP contribution < -0.4 is 9.47 Å². The van der Waals surface area contributed by atoms with Crippen molar-refractivity contribution in [3.8, 4) is 11.5 Å². The third-order valence-corrected chi connectivity index (χ3v) is 3.79. The van der Waals surface area contributed by atoms with Gasteiger partial charge in [-0.15, -0.1) is 0 Å². The van der Waals surface area contributed by atoms with Gasteiger partial charge in [-0.3, -0.25) is 0 Å². The first-order valence-electron chi connectivity index (χ1n) is 6.34. The summed E-state index contributed by atoms with van der Waals surface area (Å²) in [4.78, 5) is 0. The molecule has 0 saturated carbocycles. The van der Waals surface area contributed by atoms with Gasteiger partial charge in [0.15, 0.2) is 0 Å². The van der Waals surface area contributed by atoms with Crippen LogP contribution >= 0.6 is 15.9 Å². The lowest BCUT2D eigenvalue weighted by molar-refractivity contribution is 0.190. The Hall–Kier alpha value is -1.52. The molecule has 0 saturated heterocycles. The number of methoxy groups -OCH3 is 1. The van der Waals surface area contributed by atoms with Crippen LogP contribution in [0.3, 0.4) is 0 Å². The lowest BCUT2D eigenvalue weighted by atomic mass is 10.1. The van der Waals surface area contributed by atoms with Crippen LogP contribution in [0.2, 0.25) is 0 Å². The molecule has 0 radical (unpaired) electrons. The van der Waals surface area contributed by atoms with Crippen LogP contribution in [0.1, 0.15) is 24.2 Å². The van der Waals surface area contributed by atoms with Gasteiger partial charge in [0.1, 0.15) is 18.1 Å². The molecule has 0 fully saturated rings. The molecule has 0 amide bonds. The Kier molecular flexibility index (Phi) is 5.04. The molecule has 20 heavy (non-hydrogen) atoms. The first kappa shape index (κ1) is 14.9. The van der Waals surface area contributed by atoms with E-state index in [0.29, 0.717) is 18.1 Å². The molecule has 2 aromatic carbocycles. The summed E-state index contributed by atoms with van der Waals surface area (Å²) in [7, 11) is 1.61. The van der Waals surface area contributed by atoms with E-state index in [1.165, 1.54) is 0 Å². The molecule has 3 nitrogen and oxygen atoms in total. The van der Waals surface area contributed by atoms with Crippen molar-refractivity contribution in [1.82, 2.24) is 0 Å². The second kappa shape index (κ2) is 6.77. The standard InChI is InChI=1S/C16H17BrO3/c1-11(18)14-8-7-13(19-2)9-16(14)20-10-12-5-3-4-6-15(12)17/h3-9,11,18H,10H2,1-2H3. The van der Waals surface area contributed by atoms with E-state index < -0.39 is 6.10 Å². The summed E-state index contributed by atoms with van der Waals surface area (Å²) in [5.41, 5.74) is 1.80. The zero-order chi connectivity index (χ0) is 14.5. The Labute approximate surface area is 127 Å². The summed E-state index contributed by atoms with van der Waals surface area (Å²) < 4.78 is 12.0. The van der Waals surface area contributed by atoms with Crippen molar-refractivity contribution in [2.45, 2.75) is 19.6 Å². The number of hydrogen-bond donors (Lipinski definition) is 1. The molecule has 2 aromatic rings. The highest BCUT2D eigenvalue weighted by atomic mass is 79.9. The molecule has 1 atom stereocenters. The summed E-state index contributed by atoms with van der Waals surface area (Å²) >= 11 is 3.49. The van der Waals surface area contributed by atoms with Gasteiger partial charge in [-0.25, -0.2) is 0 Å². The fourth-order valence-corrected chi connectivity index (χ4v) is 2.28. The van der Waals surface area contributed by atoms with Crippen molar-refractivity contribution >= 4 is 15.9 Å². The summed E-state index contributed by atoms with van der Waals surface area (Å²) in [6, 6.07) is 13.3. The monoisotopic (exact) mass is 336 g/mol. The van der Waals surface area contributed by atoms with E-state index in [2.05, 4.69) is 15.9 Å². The molecule has 106 valence electrons. The summed E-state index contributed by atoms with van der Waals surface area (Å²) in [6.45, 7) is 2.14. The average Bonchev–Trinajstić information content (AvgIpc) is 2.46. The maximum atomic E-state index is 9.79. The number of halogens is 1. The molecule has 2 rings (SSSR count). The lowest BCUT2D eigenvalue weighted by Gasteiger charge is -2.15. The zero-order valence-corrected chi connectivity index (χ0v) is 13.1. The second-order valence-corrected chi connectivity index (χ2v) is 5.31. The first-order valence-corrected chi connectivity index (χ1v) is 7.13. The second-order valence-electron chi connectivity index (χ2n) is 4.46. The Balaban J connectivity index is 2.21. The van der Waals surface area contributed by atoms with E-state index in [1.807, 2.05) is 36.4 Å². The van der Waals surface area contributed by atoms with Crippen molar-refractivity contribution in [2.75, 3.05) is 7.11 Å². The van der Waals surface area contributed by atoms with Gasteiger partial charge in [-0.2, -0.15) is 0 Å². The van der Waals surface area contributed by atoms with Gasteiger partial charge < -0.3 is 14.6 Å². The molecule has 0 heterocycles. The molecule has 0 bridgehead atoms. The molecular weight excluding hydrogens is 320 g/mol. The largest absolute Gasteiger partial charge is 0.497 e. The Morgan fingerprint density at radius 1 is 1.20 bits per heavy atom. The lowest BCUT2D eigenvalue weighted by Crippen LogP contribution is -2.02. The third-order valence-electron chi connectivity index (χ3n) is 3.01. The number of aliphatic hydroxyl groups is 1. The van der Waals surface area contributed by atoms with Crippen molar-refractivity contribution in [1.29, 1.82) is 0 Å². The third kappa shape index (κ3) is 3.52. The molecule has 4 heteroatoms. The molecule has 0 aliphatic carbocycles. The zero-order valence-electron chi connectivity index (χ0n) is 11.5. The highest BCUT2D eigenvalue weighted by molar-refractivity contribution is 9.10. The van der Waals surface area contributed by atoms with Crippen LogP contribution in [0.4, 0.5) is 0 Å². The normalized spacial score (nSPS) is 12.0. The minimum absolute atomic E-state index is 0.425. The maximum Gasteiger partial charge on any atom is 0.129 e. The number of hydrogen-bond acceptors (Lipinski definition) is 3. The summed E-state index contributed by atoms with van der Waals surface area (Å²) in [5.74, 6) is 1.34. The number of benzene rings is 2. The summed E-state index contributed by atoms with van der Waals surface area (Å²) in [6.07, 6.45) is -0.588. The molecule has 0 spiro atoms. The minimum Gasteiger partial charge on any atom is -0.497 e. The number of ether oxygens (including phenoxy) is 2. The quantitative estimate of drug-likeness (QED) is 0.893. The molecule has 1 N–H and O–H groups in total. The van der Waals surface area contributed by atoms with Crippen LogP contribution in [0.25, 0.3) is 0 Å². The van der Waals surface area contributed by atoms with Gasteiger partial charge in [0.05, 0.1) is 13.2 Å². The van der Waals surface area contributed by atoms with Crippen LogP contribution in [-0.2, 0) is 6.61 Å². The van der Waals surface area contributed by atoms with Gasteiger partial charge in [-0.05, 0) is 25.1 Å². The van der Waals surface area contributed by atoms with Crippen molar-refractivity contribution < 1.29 is 14.6 Å². The van der Waals surface area contributed by atoms with Crippen LogP contribution in [0.15, 0.2) is 46.9 Å². The predicted molar refractivity (Wildman–Crippen MR) is 82.1 cm³/mol. The van der Waals surface area contributed by atoms with Gasteiger partial charge in [0, 0.05) is 21.7 Å². The molecule has 1 unspecified atom stereocenters. The van der Waals surface area contributed by atoms with Gasteiger partial charge in [0.25, 0.3) is 0 Å². The van der Waals surface area contributed by atoms with Crippen LogP contribution in [-0.4, -0.2) is 12.2 Å². The first-order chi connectivity index (χ1) is 9.61. The van der Waals surface area contributed by atoms with Gasteiger partial charge in [0.2, 0.25) is 0 Å². The Bertz CT molecular complexity index is 582. The van der Waals surface area contributed by atoms with Crippen LogP contribution in [0.5, 0.6) is 11.5 Å². The number of aliphatic hydroxyl groups excluding tert-OH is 1. The maximum absolute atomic E-state index is 9.79. The SMILES string of the molecule is COc1ccc(C(C)O)c(OCc2ccccc2Br)c1. The minimum atomic E-state index is -0.588. The fraction of sp³-hybridized carbons (Fsp3) is 0.250. The van der Waals surface area contributed by atoms with E-state index >= 15 is 0 Å². The van der Waals surface area contributed by atoms with Crippen LogP contribution in [0, 0.1) is 0 Å². The average molecular weight is 337 g/mol. The topological polar surface area (TPSA) is 38.7 Å². The summed E-state index contributed by atoms with van der Waals surface area (Å²) in [5, 5.41) is 9.79. The molecule has 0 aliphatic heterocycles. The Morgan fingerprint density at radius 2 is 1.95 bits per heavy atom. The highest BCUT2D eigenvalue weighted by Gasteiger charge is 2.11. The highest BCUT2D eigenvalue weighted by Crippen LogP contribution is 2.30. The molecule has 0 aliphatic rings. The smallest absolute Gasteiger partial charge is 0.129 e. The van der Waals surface area contributed by atoms with E-state index in [0.717, 1.165) is 15.6 Å². The van der Waals surface area contributed by atoms with E-state index in [9.17, 15) is 5.11 Å². The van der Waals surface area contributed by atoms with Crippen molar-refractivity contribution in [3.63, 3.8) is 0 Å². The van der Waals surface area contributed by atoms with Crippen molar-refractivity contribution in [2.24, 2.45) is 0 Å². The van der Waals surface area contributed by atoms with E-state index in [-0.39, 0.29) is 0 Å². The van der Waals surface area contributed by atoms with Gasteiger partial charge >= 0.3 is 0 Å². The molecule has 0 aromatic heterocycles. The Morgan fingerprint density at radius 3 is 2.60 bits per heavy atom. The fourth-order valence-electron chi connectivity index (χ4n) is 1.88. The molecular formula is C16H17BrO3. The predicted octanol–water partition coefficient (Wildman–Crippen LogP) is 4.09.